The minimum absolute atomic E-state index is 0.0262. The maximum atomic E-state index is 13.2. The fraction of sp³-hybridized carbons (Fsp3) is 0.364. The van der Waals surface area contributed by atoms with Crippen molar-refractivity contribution in [3.63, 3.8) is 0 Å². The first-order chi connectivity index (χ1) is 15.8. The van der Waals surface area contributed by atoms with Gasteiger partial charge in [0, 0.05) is 37.0 Å². The Labute approximate surface area is 199 Å². The van der Waals surface area contributed by atoms with E-state index < -0.39 is 11.2 Å². The summed E-state index contributed by atoms with van der Waals surface area (Å²) >= 11 is 7.50. The Morgan fingerprint density at radius 1 is 1.36 bits per heavy atom. The SMILES string of the molecule is CCCn1c(N)c(N(CCOC)C(=O)Cc2csc(Cc3cccc(Cl)c3)n2)c(=O)[nH]c1=O. The largest absolute Gasteiger partial charge is 0.383 e. The normalized spacial score (nSPS) is 11.0. The Morgan fingerprint density at radius 2 is 2.15 bits per heavy atom. The number of anilines is 2. The first-order valence-electron chi connectivity index (χ1n) is 10.4. The quantitative estimate of drug-likeness (QED) is 0.449. The predicted octanol–water partition coefficient (Wildman–Crippen LogP) is 2.45. The van der Waals surface area contributed by atoms with Crippen molar-refractivity contribution in [2.45, 2.75) is 32.7 Å². The van der Waals surface area contributed by atoms with Gasteiger partial charge in [0.2, 0.25) is 5.91 Å². The standard InChI is InChI=1S/C22H26ClN5O4S/c1-3-7-28-20(24)19(21(30)26-22(28)31)27(8-9-32-2)18(29)12-16-13-33-17(25-16)11-14-5-4-6-15(23)10-14/h4-6,10,13H,3,7-9,11-12,24H2,1-2H3,(H,26,30,31). The van der Waals surface area contributed by atoms with Crippen LogP contribution in [0, 0.1) is 0 Å². The van der Waals surface area contributed by atoms with Gasteiger partial charge in [-0.05, 0) is 24.1 Å². The molecule has 0 bridgehead atoms. The van der Waals surface area contributed by atoms with Crippen LogP contribution in [0.25, 0.3) is 0 Å². The van der Waals surface area contributed by atoms with E-state index in [2.05, 4.69) is 9.97 Å². The molecule has 2 heterocycles. The number of nitrogens with zero attached hydrogens (tertiary/aromatic N) is 3. The average molecular weight is 492 g/mol. The number of benzene rings is 1. The minimum Gasteiger partial charge on any atom is -0.383 e. The van der Waals surface area contributed by atoms with Crippen LogP contribution in [0.15, 0.2) is 39.2 Å². The van der Waals surface area contributed by atoms with Gasteiger partial charge < -0.3 is 15.4 Å². The van der Waals surface area contributed by atoms with Crippen LogP contribution in [0.3, 0.4) is 0 Å². The number of carbonyl (C=O) groups excluding carboxylic acids is 1. The summed E-state index contributed by atoms with van der Waals surface area (Å²) in [6.45, 7) is 2.49. The third kappa shape index (κ3) is 6.10. The summed E-state index contributed by atoms with van der Waals surface area (Å²) in [7, 11) is 1.50. The van der Waals surface area contributed by atoms with Gasteiger partial charge in [-0.3, -0.25) is 19.1 Å². The summed E-state index contributed by atoms with van der Waals surface area (Å²) in [6, 6.07) is 7.53. The Bertz CT molecular complexity index is 1240. The number of carbonyl (C=O) groups is 1. The van der Waals surface area contributed by atoms with Crippen LogP contribution in [0.2, 0.25) is 5.02 Å². The number of halogens is 1. The highest BCUT2D eigenvalue weighted by molar-refractivity contribution is 7.09. The lowest BCUT2D eigenvalue weighted by atomic mass is 10.2. The Hall–Kier alpha value is -2.95. The second-order valence-corrected chi connectivity index (χ2v) is 8.78. The van der Waals surface area contributed by atoms with Crippen molar-refractivity contribution in [2.24, 2.45) is 0 Å². The monoisotopic (exact) mass is 491 g/mol. The summed E-state index contributed by atoms with van der Waals surface area (Å²) in [4.78, 5) is 46.1. The second-order valence-electron chi connectivity index (χ2n) is 7.40. The molecule has 0 atom stereocenters. The predicted molar refractivity (Wildman–Crippen MR) is 130 cm³/mol. The zero-order valence-electron chi connectivity index (χ0n) is 18.5. The lowest BCUT2D eigenvalue weighted by Crippen LogP contribution is -2.43. The fourth-order valence-electron chi connectivity index (χ4n) is 3.41. The van der Waals surface area contributed by atoms with Crippen molar-refractivity contribution < 1.29 is 9.53 Å². The maximum absolute atomic E-state index is 13.2. The van der Waals surface area contributed by atoms with Gasteiger partial charge >= 0.3 is 5.69 Å². The lowest BCUT2D eigenvalue weighted by molar-refractivity contribution is -0.118. The second kappa shape index (κ2) is 11.3. The lowest BCUT2D eigenvalue weighted by Gasteiger charge is -2.24. The van der Waals surface area contributed by atoms with Gasteiger partial charge in [0.05, 0.1) is 23.7 Å². The fourth-order valence-corrected chi connectivity index (χ4v) is 4.45. The molecule has 0 fully saturated rings. The first kappa shape index (κ1) is 24.7. The summed E-state index contributed by atoms with van der Waals surface area (Å²) in [6.07, 6.45) is 1.21. The topological polar surface area (TPSA) is 123 Å². The molecule has 11 heteroatoms. The Morgan fingerprint density at radius 3 is 2.85 bits per heavy atom. The van der Waals surface area contributed by atoms with Crippen LogP contribution in [0.4, 0.5) is 11.5 Å². The molecule has 0 spiro atoms. The van der Waals surface area contributed by atoms with E-state index in [1.807, 2.05) is 36.6 Å². The summed E-state index contributed by atoms with van der Waals surface area (Å²) in [5.74, 6) is -0.416. The van der Waals surface area contributed by atoms with Gasteiger partial charge in [-0.1, -0.05) is 30.7 Å². The highest BCUT2D eigenvalue weighted by atomic mass is 35.5. The molecule has 0 saturated carbocycles. The van der Waals surface area contributed by atoms with E-state index in [-0.39, 0.29) is 37.0 Å². The Kier molecular flexibility index (Phi) is 8.43. The number of nitrogens with one attached hydrogen (secondary N) is 1. The number of thiazole rings is 1. The summed E-state index contributed by atoms with van der Waals surface area (Å²) in [5, 5.41) is 3.32. The molecule has 1 aromatic carbocycles. The molecular formula is C22H26ClN5O4S. The number of hydrogen-bond donors (Lipinski definition) is 2. The van der Waals surface area contributed by atoms with Crippen molar-refractivity contribution in [3.05, 3.63) is 71.8 Å². The zero-order chi connectivity index (χ0) is 24.0. The van der Waals surface area contributed by atoms with Gasteiger partial charge in [-0.15, -0.1) is 11.3 Å². The molecule has 0 aliphatic carbocycles. The van der Waals surface area contributed by atoms with Crippen LogP contribution >= 0.6 is 22.9 Å². The van der Waals surface area contributed by atoms with Crippen LogP contribution in [0.5, 0.6) is 0 Å². The number of H-pyrrole nitrogens is 1. The Balaban J connectivity index is 1.85. The number of amides is 1. The molecule has 3 rings (SSSR count). The van der Waals surface area contributed by atoms with Crippen molar-refractivity contribution in [1.82, 2.24) is 14.5 Å². The smallest absolute Gasteiger partial charge is 0.330 e. The van der Waals surface area contributed by atoms with Crippen molar-refractivity contribution in [3.8, 4) is 0 Å². The molecular weight excluding hydrogens is 466 g/mol. The molecule has 0 radical (unpaired) electrons. The van der Waals surface area contributed by atoms with Crippen LogP contribution < -0.4 is 21.9 Å². The van der Waals surface area contributed by atoms with Crippen molar-refractivity contribution in [2.75, 3.05) is 30.9 Å². The number of nitrogens with two attached hydrogens (primary N) is 1. The number of nitrogen functional groups attached to an aromatic ring is 1. The van der Waals surface area contributed by atoms with E-state index >= 15 is 0 Å². The van der Waals surface area contributed by atoms with Crippen molar-refractivity contribution in [1.29, 1.82) is 0 Å². The van der Waals surface area contributed by atoms with Crippen LogP contribution in [-0.2, 0) is 28.9 Å². The van der Waals surface area contributed by atoms with Gasteiger partial charge in [0.25, 0.3) is 5.56 Å². The number of aromatic nitrogens is 3. The van der Waals surface area contributed by atoms with Gasteiger partial charge in [-0.2, -0.15) is 0 Å². The third-order valence-corrected chi connectivity index (χ3v) is 6.06. The highest BCUT2D eigenvalue weighted by Crippen LogP contribution is 2.21. The zero-order valence-corrected chi connectivity index (χ0v) is 20.0. The minimum atomic E-state index is -0.714. The van der Waals surface area contributed by atoms with Crippen LogP contribution in [-0.4, -0.2) is 40.7 Å². The van der Waals surface area contributed by atoms with E-state index in [1.165, 1.54) is 27.9 Å². The molecule has 2 aromatic heterocycles. The van der Waals surface area contributed by atoms with Gasteiger partial charge in [0.15, 0.2) is 5.69 Å². The molecule has 0 unspecified atom stereocenters. The van der Waals surface area contributed by atoms with E-state index in [9.17, 15) is 14.4 Å². The molecule has 0 aliphatic rings. The van der Waals surface area contributed by atoms with Crippen molar-refractivity contribution >= 4 is 40.4 Å². The molecule has 3 N–H and O–H groups in total. The van der Waals surface area contributed by atoms with Crippen LogP contribution in [0.1, 0.15) is 29.6 Å². The molecule has 33 heavy (non-hydrogen) atoms. The number of aromatic amines is 1. The summed E-state index contributed by atoms with van der Waals surface area (Å²) in [5.41, 5.74) is 6.39. The number of hydrogen-bond acceptors (Lipinski definition) is 7. The molecule has 3 aromatic rings. The van der Waals surface area contributed by atoms with Gasteiger partial charge in [0.1, 0.15) is 5.82 Å². The number of methoxy groups -OCH3 is 1. The third-order valence-electron chi connectivity index (χ3n) is 4.93. The first-order valence-corrected chi connectivity index (χ1v) is 11.7. The van der Waals surface area contributed by atoms with E-state index in [0.717, 1.165) is 10.6 Å². The average Bonchev–Trinajstić information content (AvgIpc) is 3.19. The van der Waals surface area contributed by atoms with E-state index in [0.29, 0.717) is 30.1 Å². The number of ether oxygens (including phenoxy) is 1. The molecule has 0 aliphatic heterocycles. The maximum Gasteiger partial charge on any atom is 0.330 e. The van der Waals surface area contributed by atoms with Gasteiger partial charge in [-0.25, -0.2) is 9.78 Å². The highest BCUT2D eigenvalue weighted by Gasteiger charge is 2.24. The molecule has 176 valence electrons. The van der Waals surface area contributed by atoms with E-state index in [1.54, 1.807) is 0 Å². The molecule has 0 saturated heterocycles. The molecule has 9 nitrogen and oxygen atoms in total. The van der Waals surface area contributed by atoms with E-state index in [4.69, 9.17) is 22.1 Å². The summed E-state index contributed by atoms with van der Waals surface area (Å²) < 4.78 is 6.38. The molecule has 1 amide bonds. The number of rotatable bonds is 10.